The number of aryl methyl sites for hydroxylation is 1. The molecule has 2 amide bonds. The van der Waals surface area contributed by atoms with Gasteiger partial charge in [-0.15, -0.1) is 11.3 Å². The average molecular weight is 509 g/mol. The van der Waals surface area contributed by atoms with Crippen molar-refractivity contribution >= 4 is 44.4 Å². The molecule has 1 aliphatic carbocycles. The Balaban J connectivity index is 1.32. The van der Waals surface area contributed by atoms with E-state index >= 15 is 4.39 Å². The van der Waals surface area contributed by atoms with E-state index in [2.05, 4.69) is 10.3 Å². The lowest BCUT2D eigenvalue weighted by Gasteiger charge is -2.22. The van der Waals surface area contributed by atoms with Crippen molar-refractivity contribution in [3.05, 3.63) is 52.9 Å². The van der Waals surface area contributed by atoms with E-state index in [9.17, 15) is 14.7 Å². The zero-order chi connectivity index (χ0) is 25.0. The highest BCUT2D eigenvalue weighted by molar-refractivity contribution is 7.21. The summed E-state index contributed by atoms with van der Waals surface area (Å²) in [5.41, 5.74) is 1.69. The van der Waals surface area contributed by atoms with E-state index < -0.39 is 5.82 Å². The summed E-state index contributed by atoms with van der Waals surface area (Å²) in [6.07, 6.45) is 5.13. The molecule has 0 spiro atoms. The zero-order valence-corrected chi connectivity index (χ0v) is 20.5. The lowest BCUT2D eigenvalue weighted by atomic mass is 10.2. The molecule has 2 N–H and O–H groups in total. The van der Waals surface area contributed by atoms with Crippen molar-refractivity contribution in [2.45, 2.75) is 44.7 Å². The van der Waals surface area contributed by atoms with Gasteiger partial charge in [-0.1, -0.05) is 0 Å². The minimum absolute atomic E-state index is 0.0240. The quantitative estimate of drug-likeness (QED) is 0.403. The van der Waals surface area contributed by atoms with Gasteiger partial charge < -0.3 is 20.1 Å². The molecule has 36 heavy (non-hydrogen) atoms. The van der Waals surface area contributed by atoms with Crippen LogP contribution in [0.25, 0.3) is 21.1 Å². The number of likely N-dealkylation sites (tertiary alicyclic amines) is 1. The van der Waals surface area contributed by atoms with Gasteiger partial charge in [0.2, 0.25) is 0 Å². The first kappa shape index (κ1) is 22.9. The van der Waals surface area contributed by atoms with Gasteiger partial charge >= 0.3 is 6.03 Å². The largest absolute Gasteiger partial charge is 0.453 e. The molecule has 1 unspecified atom stereocenters. The number of halogens is 1. The Hall–Kier alpha value is -3.50. The lowest BCUT2D eigenvalue weighted by molar-refractivity contribution is 0.0682. The van der Waals surface area contributed by atoms with Crippen molar-refractivity contribution in [2.24, 2.45) is 0 Å². The van der Waals surface area contributed by atoms with Gasteiger partial charge in [0.25, 0.3) is 5.91 Å². The molecule has 10 heteroatoms. The third-order valence-electron chi connectivity index (χ3n) is 6.83. The number of fused-ring (bicyclic) bond motifs is 2. The molecule has 0 radical (unpaired) electrons. The molecule has 1 aromatic carbocycles. The Morgan fingerprint density at radius 2 is 2.06 bits per heavy atom. The first-order valence-corrected chi connectivity index (χ1v) is 12.9. The fraction of sp³-hybridized carbons (Fsp3) is 0.346. The Bertz CT molecular complexity index is 1510. The smallest absolute Gasteiger partial charge is 0.326 e. The molecule has 1 aliphatic heterocycles. The molecule has 6 rings (SSSR count). The molecule has 2 fully saturated rings. The summed E-state index contributed by atoms with van der Waals surface area (Å²) in [5, 5.41) is 12.8. The average Bonchev–Trinajstić information content (AvgIpc) is 3.26. The number of aliphatic hydroxyl groups excluding tert-OH is 1. The summed E-state index contributed by atoms with van der Waals surface area (Å²) < 4.78 is 23.7. The second-order valence-corrected chi connectivity index (χ2v) is 10.4. The Labute approximate surface area is 210 Å². The number of carbonyl (C=O) groups excluding carboxylic acids is 2. The monoisotopic (exact) mass is 508 g/mol. The van der Waals surface area contributed by atoms with E-state index in [0.29, 0.717) is 44.0 Å². The van der Waals surface area contributed by atoms with Gasteiger partial charge in [0.1, 0.15) is 5.75 Å². The third-order valence-corrected chi connectivity index (χ3v) is 7.96. The van der Waals surface area contributed by atoms with E-state index in [1.807, 2.05) is 0 Å². The highest BCUT2D eigenvalue weighted by Crippen LogP contribution is 2.38. The Morgan fingerprint density at radius 1 is 1.22 bits per heavy atom. The minimum Gasteiger partial charge on any atom is -0.453 e. The SMILES string of the molecule is Cc1cc2c(F)c(Oc3ccnc4cc(C(=O)N5CCCC5CO)sc34)ccc2n1C(=O)NC1CC1. The van der Waals surface area contributed by atoms with Crippen LogP contribution in [-0.4, -0.2) is 56.7 Å². The maximum Gasteiger partial charge on any atom is 0.326 e. The van der Waals surface area contributed by atoms with Gasteiger partial charge in [-0.25, -0.2) is 9.18 Å². The van der Waals surface area contributed by atoms with Crippen LogP contribution >= 0.6 is 11.3 Å². The van der Waals surface area contributed by atoms with Crippen molar-refractivity contribution in [1.29, 1.82) is 0 Å². The summed E-state index contributed by atoms with van der Waals surface area (Å²) in [4.78, 5) is 32.3. The number of nitrogens with zero attached hydrogens (tertiary/aromatic N) is 3. The molecule has 4 aromatic rings. The number of amides is 2. The number of benzene rings is 1. The molecule has 1 saturated carbocycles. The van der Waals surface area contributed by atoms with Crippen LogP contribution in [0.5, 0.6) is 11.5 Å². The standard InChI is InChI=1S/C26H25FN4O4S/c1-14-11-17-19(31(14)26(34)29-15-4-5-15)6-7-20(23(17)27)35-21-8-9-28-18-12-22(36-24(18)21)25(33)30-10-2-3-16(30)13-32/h6-9,11-12,15-16,32H,2-5,10,13H2,1H3,(H,29,34). The number of carbonyl (C=O) groups is 2. The van der Waals surface area contributed by atoms with Crippen LogP contribution in [0, 0.1) is 12.7 Å². The highest BCUT2D eigenvalue weighted by Gasteiger charge is 2.30. The topological polar surface area (TPSA) is 96.7 Å². The van der Waals surface area contributed by atoms with Crippen LogP contribution in [0.2, 0.25) is 0 Å². The number of aliphatic hydroxyl groups is 1. The Morgan fingerprint density at radius 3 is 2.83 bits per heavy atom. The summed E-state index contributed by atoms with van der Waals surface area (Å²) in [6, 6.07) is 7.95. The molecule has 3 aromatic heterocycles. The number of nitrogens with one attached hydrogen (secondary N) is 1. The van der Waals surface area contributed by atoms with Crippen molar-refractivity contribution in [3.8, 4) is 11.5 Å². The predicted molar refractivity (Wildman–Crippen MR) is 134 cm³/mol. The van der Waals surface area contributed by atoms with E-state index in [-0.39, 0.29) is 36.4 Å². The van der Waals surface area contributed by atoms with Crippen LogP contribution < -0.4 is 10.1 Å². The van der Waals surface area contributed by atoms with Gasteiger partial charge in [0.05, 0.1) is 33.3 Å². The Kier molecular flexibility index (Phi) is 5.65. The first-order chi connectivity index (χ1) is 17.4. The van der Waals surface area contributed by atoms with Crippen molar-refractivity contribution in [3.63, 3.8) is 0 Å². The predicted octanol–water partition coefficient (Wildman–Crippen LogP) is 4.81. The number of ether oxygens (including phenoxy) is 1. The molecular formula is C26H25FN4O4S. The van der Waals surface area contributed by atoms with Gasteiger partial charge in [-0.2, -0.15) is 0 Å². The molecule has 1 saturated heterocycles. The molecule has 0 bridgehead atoms. The number of hydrogen-bond donors (Lipinski definition) is 2. The molecule has 186 valence electrons. The van der Waals surface area contributed by atoms with E-state index in [4.69, 9.17) is 4.74 Å². The van der Waals surface area contributed by atoms with Crippen molar-refractivity contribution in [2.75, 3.05) is 13.2 Å². The van der Waals surface area contributed by atoms with E-state index in [0.717, 1.165) is 25.7 Å². The van der Waals surface area contributed by atoms with Crippen LogP contribution in [0.4, 0.5) is 9.18 Å². The molecule has 1 atom stereocenters. The van der Waals surface area contributed by atoms with Gasteiger partial charge in [-0.05, 0) is 56.9 Å². The number of thiophene rings is 1. The maximum absolute atomic E-state index is 15.5. The van der Waals surface area contributed by atoms with Crippen LogP contribution in [-0.2, 0) is 0 Å². The van der Waals surface area contributed by atoms with E-state index in [1.54, 1.807) is 42.3 Å². The molecule has 4 heterocycles. The number of pyridine rings is 1. The fourth-order valence-electron chi connectivity index (χ4n) is 4.83. The third kappa shape index (κ3) is 3.90. The van der Waals surface area contributed by atoms with Crippen LogP contribution in [0.3, 0.4) is 0 Å². The number of hydrogen-bond acceptors (Lipinski definition) is 6. The van der Waals surface area contributed by atoms with Gasteiger partial charge in [0, 0.05) is 35.9 Å². The second-order valence-electron chi connectivity index (χ2n) is 9.37. The summed E-state index contributed by atoms with van der Waals surface area (Å²) >= 11 is 1.24. The van der Waals surface area contributed by atoms with Crippen molar-refractivity contribution < 1.29 is 23.8 Å². The molecular weight excluding hydrogens is 483 g/mol. The molecule has 8 nitrogen and oxygen atoms in total. The maximum atomic E-state index is 15.5. The van der Waals surface area contributed by atoms with Crippen LogP contribution in [0.15, 0.2) is 36.5 Å². The minimum atomic E-state index is -0.561. The van der Waals surface area contributed by atoms with Gasteiger partial charge in [0.15, 0.2) is 11.6 Å². The first-order valence-electron chi connectivity index (χ1n) is 12.0. The summed E-state index contributed by atoms with van der Waals surface area (Å²) in [7, 11) is 0. The zero-order valence-electron chi connectivity index (χ0n) is 19.7. The summed E-state index contributed by atoms with van der Waals surface area (Å²) in [6.45, 7) is 2.32. The summed E-state index contributed by atoms with van der Waals surface area (Å²) in [5.74, 6) is -0.287. The highest BCUT2D eigenvalue weighted by atomic mass is 32.1. The lowest BCUT2D eigenvalue weighted by Crippen LogP contribution is -2.37. The fourth-order valence-corrected chi connectivity index (χ4v) is 5.85. The number of rotatable bonds is 5. The second kappa shape index (κ2) is 8.86. The van der Waals surface area contributed by atoms with Crippen LogP contribution in [0.1, 0.15) is 41.0 Å². The van der Waals surface area contributed by atoms with E-state index in [1.165, 1.54) is 22.0 Å². The molecule has 2 aliphatic rings. The van der Waals surface area contributed by atoms with Crippen molar-refractivity contribution in [1.82, 2.24) is 19.8 Å². The normalized spacial score (nSPS) is 17.8. The number of aromatic nitrogens is 2. The van der Waals surface area contributed by atoms with Gasteiger partial charge in [-0.3, -0.25) is 14.3 Å².